The van der Waals surface area contributed by atoms with Gasteiger partial charge in [-0.15, -0.1) is 0 Å². The molecule has 0 spiro atoms. The molecule has 0 saturated heterocycles. The van der Waals surface area contributed by atoms with Crippen LogP contribution < -0.4 is 5.73 Å². The lowest BCUT2D eigenvalue weighted by atomic mass is 10.1. The largest absolute Gasteiger partial charge is 0.330 e. The van der Waals surface area contributed by atoms with Crippen molar-refractivity contribution < 1.29 is 4.39 Å². The van der Waals surface area contributed by atoms with Gasteiger partial charge in [0.25, 0.3) is 0 Å². The van der Waals surface area contributed by atoms with Gasteiger partial charge in [-0.2, -0.15) is 0 Å². The Bertz CT molecular complexity index is 245. The van der Waals surface area contributed by atoms with Crippen molar-refractivity contribution in [2.45, 2.75) is 13.3 Å². The average molecular weight is 153 g/mol. The summed E-state index contributed by atoms with van der Waals surface area (Å²) in [4.78, 5) is 0. The summed E-state index contributed by atoms with van der Waals surface area (Å²) in [7, 11) is 0. The van der Waals surface area contributed by atoms with Gasteiger partial charge in [0.15, 0.2) is 0 Å². The van der Waals surface area contributed by atoms with E-state index < -0.39 is 0 Å². The van der Waals surface area contributed by atoms with Crippen LogP contribution in [0.25, 0.3) is 0 Å². The smallest absolute Gasteiger partial charge is 0.129 e. The van der Waals surface area contributed by atoms with Crippen LogP contribution in [0.5, 0.6) is 0 Å². The van der Waals surface area contributed by atoms with Crippen molar-refractivity contribution in [1.82, 2.24) is 0 Å². The predicted octanol–water partition coefficient (Wildman–Crippen LogP) is 1.64. The van der Waals surface area contributed by atoms with Crippen molar-refractivity contribution in [1.29, 1.82) is 0 Å². The van der Waals surface area contributed by atoms with Gasteiger partial charge >= 0.3 is 0 Å². The number of hydrogen-bond acceptors (Lipinski definition) is 1. The van der Waals surface area contributed by atoms with Crippen molar-refractivity contribution in [2.24, 2.45) is 5.73 Å². The third kappa shape index (κ3) is 1.77. The van der Waals surface area contributed by atoms with Gasteiger partial charge in [0.1, 0.15) is 5.82 Å². The number of rotatable bonds is 2. The van der Waals surface area contributed by atoms with Crippen LogP contribution in [0.3, 0.4) is 0 Å². The van der Waals surface area contributed by atoms with E-state index in [-0.39, 0.29) is 5.82 Å². The Morgan fingerprint density at radius 1 is 1.45 bits per heavy atom. The first-order chi connectivity index (χ1) is 5.25. The van der Waals surface area contributed by atoms with Crippen molar-refractivity contribution in [2.75, 3.05) is 6.54 Å². The minimum atomic E-state index is -0.113. The average Bonchev–Trinajstić information content (AvgIpc) is 1.99. The van der Waals surface area contributed by atoms with Gasteiger partial charge in [0, 0.05) is 0 Å². The van der Waals surface area contributed by atoms with E-state index in [0.29, 0.717) is 24.1 Å². The zero-order valence-corrected chi connectivity index (χ0v) is 6.60. The molecule has 0 fully saturated rings. The first-order valence-corrected chi connectivity index (χ1v) is 3.69. The second kappa shape index (κ2) is 3.49. The number of halogens is 1. The normalized spacial score (nSPS) is 10.1. The van der Waals surface area contributed by atoms with Gasteiger partial charge in [0.2, 0.25) is 0 Å². The highest BCUT2D eigenvalue weighted by Crippen LogP contribution is 2.11. The zero-order chi connectivity index (χ0) is 8.27. The monoisotopic (exact) mass is 153 g/mol. The van der Waals surface area contributed by atoms with Gasteiger partial charge in [-0.3, -0.25) is 0 Å². The predicted molar refractivity (Wildman–Crippen MR) is 43.9 cm³/mol. The first-order valence-electron chi connectivity index (χ1n) is 3.69. The molecular weight excluding hydrogens is 141 g/mol. The standard InChI is InChI=1S/C9H12FN/c1-7-3-2-4-8(5-6-11)9(7)10/h2-4H,5-6,11H2,1H3. The molecule has 60 valence electrons. The van der Waals surface area contributed by atoms with Gasteiger partial charge < -0.3 is 5.73 Å². The molecule has 2 N–H and O–H groups in total. The molecule has 0 saturated carbocycles. The maximum Gasteiger partial charge on any atom is 0.129 e. The fraction of sp³-hybridized carbons (Fsp3) is 0.333. The van der Waals surface area contributed by atoms with Crippen LogP contribution in [-0.2, 0) is 6.42 Å². The summed E-state index contributed by atoms with van der Waals surface area (Å²) >= 11 is 0. The van der Waals surface area contributed by atoms with E-state index in [1.165, 1.54) is 0 Å². The third-order valence-corrected chi connectivity index (χ3v) is 1.69. The van der Waals surface area contributed by atoms with Crippen LogP contribution in [0.15, 0.2) is 18.2 Å². The zero-order valence-electron chi connectivity index (χ0n) is 6.60. The number of benzene rings is 1. The molecule has 0 unspecified atom stereocenters. The lowest BCUT2D eigenvalue weighted by Gasteiger charge is -2.02. The highest BCUT2D eigenvalue weighted by molar-refractivity contribution is 5.24. The molecule has 11 heavy (non-hydrogen) atoms. The molecule has 2 heteroatoms. The molecule has 0 aliphatic heterocycles. The second-order valence-electron chi connectivity index (χ2n) is 2.59. The summed E-state index contributed by atoms with van der Waals surface area (Å²) in [5, 5.41) is 0. The summed E-state index contributed by atoms with van der Waals surface area (Å²) in [6.07, 6.45) is 0.619. The fourth-order valence-corrected chi connectivity index (χ4v) is 1.06. The first kappa shape index (κ1) is 8.21. The Labute approximate surface area is 66.0 Å². The summed E-state index contributed by atoms with van der Waals surface area (Å²) in [5.41, 5.74) is 6.72. The summed E-state index contributed by atoms with van der Waals surface area (Å²) in [6, 6.07) is 5.38. The van der Waals surface area contributed by atoms with Crippen LogP contribution in [0.1, 0.15) is 11.1 Å². The minimum absolute atomic E-state index is 0.113. The van der Waals surface area contributed by atoms with Crippen molar-refractivity contribution in [3.8, 4) is 0 Å². The molecule has 0 radical (unpaired) electrons. The lowest BCUT2D eigenvalue weighted by Crippen LogP contribution is -2.04. The summed E-state index contributed by atoms with van der Waals surface area (Å²) < 4.78 is 13.1. The van der Waals surface area contributed by atoms with Crippen LogP contribution in [-0.4, -0.2) is 6.54 Å². The molecule has 1 rings (SSSR count). The SMILES string of the molecule is Cc1cccc(CCN)c1F. The van der Waals surface area contributed by atoms with Crippen molar-refractivity contribution in [3.05, 3.63) is 35.1 Å². The molecule has 0 aromatic heterocycles. The maximum absolute atomic E-state index is 13.1. The van der Waals surface area contributed by atoms with Gasteiger partial charge in [-0.1, -0.05) is 18.2 Å². The van der Waals surface area contributed by atoms with E-state index in [1.807, 2.05) is 6.07 Å². The Hall–Kier alpha value is -0.890. The number of hydrogen-bond donors (Lipinski definition) is 1. The molecule has 0 amide bonds. The fourth-order valence-electron chi connectivity index (χ4n) is 1.06. The maximum atomic E-state index is 13.1. The Morgan fingerprint density at radius 3 is 2.82 bits per heavy atom. The Kier molecular flexibility index (Phi) is 2.60. The van der Waals surface area contributed by atoms with Gasteiger partial charge in [0.05, 0.1) is 0 Å². The van der Waals surface area contributed by atoms with Crippen LogP contribution in [0, 0.1) is 12.7 Å². The quantitative estimate of drug-likeness (QED) is 0.686. The number of aryl methyl sites for hydroxylation is 1. The van der Waals surface area contributed by atoms with E-state index in [0.717, 1.165) is 0 Å². The molecule has 0 aliphatic rings. The lowest BCUT2D eigenvalue weighted by molar-refractivity contribution is 0.600. The molecule has 1 nitrogen and oxygen atoms in total. The third-order valence-electron chi connectivity index (χ3n) is 1.69. The van der Waals surface area contributed by atoms with E-state index >= 15 is 0 Å². The Morgan fingerprint density at radius 2 is 2.18 bits per heavy atom. The van der Waals surface area contributed by atoms with Crippen LogP contribution in [0.2, 0.25) is 0 Å². The highest BCUT2D eigenvalue weighted by Gasteiger charge is 2.01. The van der Waals surface area contributed by atoms with E-state index in [1.54, 1.807) is 19.1 Å². The topological polar surface area (TPSA) is 26.0 Å². The van der Waals surface area contributed by atoms with Crippen LogP contribution in [0.4, 0.5) is 4.39 Å². The van der Waals surface area contributed by atoms with Gasteiger partial charge in [-0.25, -0.2) is 4.39 Å². The second-order valence-corrected chi connectivity index (χ2v) is 2.59. The van der Waals surface area contributed by atoms with Gasteiger partial charge in [-0.05, 0) is 31.0 Å². The molecule has 1 aromatic rings. The minimum Gasteiger partial charge on any atom is -0.330 e. The number of nitrogens with two attached hydrogens (primary N) is 1. The van der Waals surface area contributed by atoms with E-state index in [9.17, 15) is 4.39 Å². The summed E-state index contributed by atoms with van der Waals surface area (Å²) in [5.74, 6) is -0.113. The van der Waals surface area contributed by atoms with Crippen LogP contribution >= 0.6 is 0 Å². The summed E-state index contributed by atoms with van der Waals surface area (Å²) in [6.45, 7) is 2.26. The molecule has 0 aliphatic carbocycles. The molecule has 1 aromatic carbocycles. The van der Waals surface area contributed by atoms with E-state index in [2.05, 4.69) is 0 Å². The molecular formula is C9H12FN. The highest BCUT2D eigenvalue weighted by atomic mass is 19.1. The molecule has 0 heterocycles. The van der Waals surface area contributed by atoms with Crippen molar-refractivity contribution >= 4 is 0 Å². The van der Waals surface area contributed by atoms with E-state index in [4.69, 9.17) is 5.73 Å². The Balaban J connectivity index is 2.96. The van der Waals surface area contributed by atoms with Crippen molar-refractivity contribution in [3.63, 3.8) is 0 Å². The molecule has 0 atom stereocenters. The molecule has 0 bridgehead atoms.